The molecule has 176 valence electrons. The van der Waals surface area contributed by atoms with Gasteiger partial charge in [-0.15, -0.1) is 0 Å². The summed E-state index contributed by atoms with van der Waals surface area (Å²) in [5.74, 6) is 2.53. The van der Waals surface area contributed by atoms with Crippen LogP contribution in [0.5, 0.6) is 17.2 Å². The number of fused-ring (bicyclic) bond motifs is 1. The van der Waals surface area contributed by atoms with Gasteiger partial charge in [-0.25, -0.2) is 4.98 Å². The van der Waals surface area contributed by atoms with E-state index in [1.54, 1.807) is 14.2 Å². The zero-order valence-electron chi connectivity index (χ0n) is 18.9. The van der Waals surface area contributed by atoms with Gasteiger partial charge in [0.1, 0.15) is 24.3 Å². The Hall–Kier alpha value is -4.11. The van der Waals surface area contributed by atoms with Crippen LogP contribution in [0.1, 0.15) is 11.4 Å². The third-order valence-electron chi connectivity index (χ3n) is 5.43. The summed E-state index contributed by atoms with van der Waals surface area (Å²) in [7, 11) is 3.19. The maximum Gasteiger partial charge on any atom is 0.269 e. The molecule has 0 bridgehead atoms. The Kier molecular flexibility index (Phi) is 6.93. The molecule has 0 aliphatic carbocycles. The van der Waals surface area contributed by atoms with Crippen LogP contribution < -0.4 is 14.2 Å². The van der Waals surface area contributed by atoms with Crippen molar-refractivity contribution < 1.29 is 24.2 Å². The third kappa shape index (κ3) is 5.10. The minimum Gasteiger partial charge on any atom is -0.493 e. The second kappa shape index (κ2) is 10.2. The molecule has 3 aromatic carbocycles. The Morgan fingerprint density at radius 2 is 1.76 bits per heavy atom. The molecule has 0 radical (unpaired) electrons. The molecule has 0 aliphatic heterocycles. The molecule has 1 aromatic heterocycles. The first-order chi connectivity index (χ1) is 16.5. The van der Waals surface area contributed by atoms with Gasteiger partial charge >= 0.3 is 0 Å². The Bertz CT molecular complexity index is 1290. The highest BCUT2D eigenvalue weighted by Crippen LogP contribution is 2.29. The predicted molar refractivity (Wildman–Crippen MR) is 127 cm³/mol. The minimum absolute atomic E-state index is 0.0161. The summed E-state index contributed by atoms with van der Waals surface area (Å²) in [4.78, 5) is 15.1. The number of ether oxygens (including phenoxy) is 3. The minimum atomic E-state index is -0.822. The highest BCUT2D eigenvalue weighted by molar-refractivity contribution is 5.76. The smallest absolute Gasteiger partial charge is 0.269 e. The molecule has 4 aromatic rings. The Morgan fingerprint density at radius 1 is 1.03 bits per heavy atom. The molecule has 0 saturated heterocycles. The molecule has 9 heteroatoms. The lowest BCUT2D eigenvalue weighted by atomic mass is 10.1. The number of benzene rings is 3. The number of hydrogen-bond acceptors (Lipinski definition) is 7. The molecule has 0 fully saturated rings. The fraction of sp³-hybridized carbons (Fsp3) is 0.240. The van der Waals surface area contributed by atoms with Crippen LogP contribution in [-0.4, -0.2) is 46.5 Å². The molecule has 1 unspecified atom stereocenters. The van der Waals surface area contributed by atoms with E-state index in [0.717, 1.165) is 22.4 Å². The zero-order chi connectivity index (χ0) is 24.1. The average molecular weight is 463 g/mol. The Balaban J connectivity index is 1.52. The van der Waals surface area contributed by atoms with Crippen LogP contribution in [0, 0.1) is 10.1 Å². The van der Waals surface area contributed by atoms with Crippen molar-refractivity contribution in [3.8, 4) is 17.2 Å². The first-order valence-electron chi connectivity index (χ1n) is 10.7. The van der Waals surface area contributed by atoms with Crippen LogP contribution in [-0.2, 0) is 13.0 Å². The van der Waals surface area contributed by atoms with Crippen LogP contribution in [0.2, 0.25) is 0 Å². The molecule has 1 atom stereocenters. The van der Waals surface area contributed by atoms with Crippen molar-refractivity contribution in [2.45, 2.75) is 19.1 Å². The Morgan fingerprint density at radius 3 is 2.47 bits per heavy atom. The number of aromatic nitrogens is 2. The third-order valence-corrected chi connectivity index (χ3v) is 5.43. The number of para-hydroxylation sites is 2. The van der Waals surface area contributed by atoms with Gasteiger partial charge in [0.15, 0.2) is 11.5 Å². The predicted octanol–water partition coefficient (Wildman–Crippen LogP) is 3.99. The molecule has 34 heavy (non-hydrogen) atoms. The van der Waals surface area contributed by atoms with Crippen LogP contribution in [0.25, 0.3) is 11.0 Å². The SMILES string of the molecule is COc1ccc(Cc2nc3ccccc3n2CC(O)COc2ccc([N+](=O)[O-])cc2)cc1OC. The van der Waals surface area contributed by atoms with Gasteiger partial charge in [-0.3, -0.25) is 10.1 Å². The number of aliphatic hydroxyl groups excluding tert-OH is 1. The van der Waals surface area contributed by atoms with Gasteiger partial charge in [-0.05, 0) is 42.0 Å². The summed E-state index contributed by atoms with van der Waals surface area (Å²) in [6, 6.07) is 19.2. The van der Waals surface area contributed by atoms with Crippen molar-refractivity contribution in [3.05, 3.63) is 88.2 Å². The first kappa shape index (κ1) is 23.1. The standard InChI is InChI=1S/C25H25N3O6/c1-32-23-12-7-17(13-24(23)33-2)14-25-26-21-5-3-4-6-22(21)27(25)15-19(29)16-34-20-10-8-18(9-11-20)28(30)31/h3-13,19,29H,14-16H2,1-2H3. The monoisotopic (exact) mass is 463 g/mol. The van der Waals surface area contributed by atoms with Gasteiger partial charge in [-0.1, -0.05) is 18.2 Å². The van der Waals surface area contributed by atoms with Crippen LogP contribution in [0.4, 0.5) is 5.69 Å². The maximum absolute atomic E-state index is 10.8. The number of non-ortho nitro benzene ring substituents is 1. The van der Waals surface area contributed by atoms with Crippen molar-refractivity contribution in [3.63, 3.8) is 0 Å². The molecule has 0 aliphatic rings. The van der Waals surface area contributed by atoms with Crippen molar-refractivity contribution in [2.24, 2.45) is 0 Å². The van der Waals surface area contributed by atoms with Gasteiger partial charge in [-0.2, -0.15) is 0 Å². The van der Waals surface area contributed by atoms with Crippen molar-refractivity contribution in [2.75, 3.05) is 20.8 Å². The highest BCUT2D eigenvalue weighted by Gasteiger charge is 2.16. The summed E-state index contributed by atoms with van der Waals surface area (Å²) in [6.07, 6.45) is -0.290. The number of aliphatic hydroxyl groups is 1. The summed E-state index contributed by atoms with van der Waals surface area (Å²) in [5.41, 5.74) is 2.72. The van der Waals surface area contributed by atoms with E-state index in [-0.39, 0.29) is 18.8 Å². The second-order valence-electron chi connectivity index (χ2n) is 7.71. The van der Waals surface area contributed by atoms with E-state index in [2.05, 4.69) is 0 Å². The summed E-state index contributed by atoms with van der Waals surface area (Å²) < 4.78 is 18.4. The highest BCUT2D eigenvalue weighted by atomic mass is 16.6. The molecular weight excluding hydrogens is 438 g/mol. The van der Waals surface area contributed by atoms with E-state index in [0.29, 0.717) is 23.7 Å². The van der Waals surface area contributed by atoms with E-state index >= 15 is 0 Å². The summed E-state index contributed by atoms with van der Waals surface area (Å²) in [5, 5.41) is 21.5. The summed E-state index contributed by atoms with van der Waals surface area (Å²) in [6.45, 7) is 0.302. The number of methoxy groups -OCH3 is 2. The van der Waals surface area contributed by atoms with E-state index in [9.17, 15) is 15.2 Å². The van der Waals surface area contributed by atoms with Gasteiger partial charge in [0, 0.05) is 18.6 Å². The van der Waals surface area contributed by atoms with E-state index in [1.165, 1.54) is 24.3 Å². The van der Waals surface area contributed by atoms with E-state index in [1.807, 2.05) is 47.0 Å². The molecule has 9 nitrogen and oxygen atoms in total. The average Bonchev–Trinajstić information content (AvgIpc) is 3.19. The van der Waals surface area contributed by atoms with Gasteiger partial charge in [0.2, 0.25) is 0 Å². The fourth-order valence-electron chi connectivity index (χ4n) is 3.76. The van der Waals surface area contributed by atoms with Crippen LogP contribution >= 0.6 is 0 Å². The van der Waals surface area contributed by atoms with Crippen LogP contribution in [0.15, 0.2) is 66.7 Å². The van der Waals surface area contributed by atoms with Gasteiger partial charge in [0.25, 0.3) is 5.69 Å². The van der Waals surface area contributed by atoms with E-state index < -0.39 is 11.0 Å². The van der Waals surface area contributed by atoms with Crippen molar-refractivity contribution >= 4 is 16.7 Å². The lowest BCUT2D eigenvalue weighted by molar-refractivity contribution is -0.384. The lowest BCUT2D eigenvalue weighted by Crippen LogP contribution is -2.24. The van der Waals surface area contributed by atoms with Gasteiger partial charge in [0.05, 0.1) is 36.7 Å². The molecule has 0 saturated carbocycles. The van der Waals surface area contributed by atoms with Crippen molar-refractivity contribution in [1.82, 2.24) is 9.55 Å². The molecule has 4 rings (SSSR count). The number of nitrogens with zero attached hydrogens (tertiary/aromatic N) is 3. The number of nitro benzene ring substituents is 1. The molecule has 0 spiro atoms. The number of rotatable bonds is 10. The van der Waals surface area contributed by atoms with Crippen LogP contribution in [0.3, 0.4) is 0 Å². The summed E-state index contributed by atoms with van der Waals surface area (Å²) >= 11 is 0. The van der Waals surface area contributed by atoms with E-state index in [4.69, 9.17) is 19.2 Å². The largest absolute Gasteiger partial charge is 0.493 e. The normalized spacial score (nSPS) is 11.9. The lowest BCUT2D eigenvalue weighted by Gasteiger charge is -2.16. The molecule has 1 heterocycles. The number of nitro groups is 1. The topological polar surface area (TPSA) is 109 Å². The molecule has 1 N–H and O–H groups in total. The molecular formula is C25H25N3O6. The van der Waals surface area contributed by atoms with Gasteiger partial charge < -0.3 is 23.9 Å². The number of imidazole rings is 1. The first-order valence-corrected chi connectivity index (χ1v) is 10.7. The van der Waals surface area contributed by atoms with Crippen molar-refractivity contribution in [1.29, 1.82) is 0 Å². The quantitative estimate of drug-likeness (QED) is 0.280. The second-order valence-corrected chi connectivity index (χ2v) is 7.71. The maximum atomic E-state index is 10.8. The molecule has 0 amide bonds. The zero-order valence-corrected chi connectivity index (χ0v) is 18.9. The number of hydrogen-bond donors (Lipinski definition) is 1. The fourth-order valence-corrected chi connectivity index (χ4v) is 3.76. The Labute approximate surface area is 196 Å².